The lowest BCUT2D eigenvalue weighted by atomic mass is 10.1. The van der Waals surface area contributed by atoms with E-state index in [0.29, 0.717) is 11.3 Å². The number of hydrogen-bond acceptors (Lipinski definition) is 3. The highest BCUT2D eigenvalue weighted by Gasteiger charge is 2.27. The number of aryl methyl sites for hydroxylation is 1. The van der Waals surface area contributed by atoms with Crippen molar-refractivity contribution in [3.63, 3.8) is 0 Å². The molecule has 0 radical (unpaired) electrons. The fourth-order valence-electron chi connectivity index (χ4n) is 1.86. The van der Waals surface area contributed by atoms with Gasteiger partial charge in [-0.15, -0.1) is 0 Å². The zero-order chi connectivity index (χ0) is 14.9. The molecule has 0 bridgehead atoms. The highest BCUT2D eigenvalue weighted by molar-refractivity contribution is 5.98. The van der Waals surface area contributed by atoms with Crippen molar-refractivity contribution in [3.8, 4) is 0 Å². The number of nitrogens with one attached hydrogen (secondary N) is 2. The maximum Gasteiger partial charge on any atom is 0.254 e. The summed E-state index contributed by atoms with van der Waals surface area (Å²) in [6.45, 7) is 3.10. The molecule has 1 aromatic rings. The molecule has 6 heteroatoms. The van der Waals surface area contributed by atoms with Gasteiger partial charge in [0, 0.05) is 11.7 Å². The summed E-state index contributed by atoms with van der Waals surface area (Å²) in [5.41, 5.74) is 6.07. The van der Waals surface area contributed by atoms with Crippen LogP contribution >= 0.6 is 0 Å². The van der Waals surface area contributed by atoms with Crippen molar-refractivity contribution in [2.75, 3.05) is 5.73 Å². The van der Waals surface area contributed by atoms with Crippen LogP contribution < -0.4 is 16.4 Å². The first-order valence-electron chi connectivity index (χ1n) is 6.55. The summed E-state index contributed by atoms with van der Waals surface area (Å²) in [7, 11) is 0. The fraction of sp³-hybridized carbons (Fsp3) is 0.429. The summed E-state index contributed by atoms with van der Waals surface area (Å²) in [5, 5.41) is 5.25. The van der Waals surface area contributed by atoms with Gasteiger partial charge in [0.25, 0.3) is 5.91 Å². The molecule has 0 saturated heterocycles. The van der Waals surface area contributed by atoms with Crippen LogP contribution in [0.2, 0.25) is 0 Å². The number of carbonyl (C=O) groups excluding carboxylic acids is 2. The summed E-state index contributed by atoms with van der Waals surface area (Å²) >= 11 is 0. The van der Waals surface area contributed by atoms with Gasteiger partial charge >= 0.3 is 0 Å². The zero-order valence-corrected chi connectivity index (χ0v) is 11.5. The van der Waals surface area contributed by atoms with Gasteiger partial charge in [-0.1, -0.05) is 0 Å². The Balaban J connectivity index is 2.05. The number of anilines is 1. The lowest BCUT2D eigenvalue weighted by molar-refractivity contribution is -0.122. The monoisotopic (exact) mass is 279 g/mol. The van der Waals surface area contributed by atoms with Crippen LogP contribution in [0.4, 0.5) is 10.1 Å². The van der Waals surface area contributed by atoms with Crippen LogP contribution in [0.25, 0.3) is 0 Å². The van der Waals surface area contributed by atoms with E-state index in [1.807, 2.05) is 0 Å². The molecular formula is C14H18FN3O2. The minimum absolute atomic E-state index is 0.145. The molecule has 1 aromatic carbocycles. The molecule has 1 atom stereocenters. The second-order valence-electron chi connectivity index (χ2n) is 5.18. The van der Waals surface area contributed by atoms with Crippen molar-refractivity contribution in [1.82, 2.24) is 10.6 Å². The first-order valence-corrected chi connectivity index (χ1v) is 6.55. The van der Waals surface area contributed by atoms with Crippen molar-refractivity contribution in [3.05, 3.63) is 29.1 Å². The Kier molecular flexibility index (Phi) is 3.92. The van der Waals surface area contributed by atoms with Gasteiger partial charge in [0.1, 0.15) is 11.9 Å². The third-order valence-corrected chi connectivity index (χ3v) is 3.19. The summed E-state index contributed by atoms with van der Waals surface area (Å²) in [6, 6.07) is 2.22. The van der Waals surface area contributed by atoms with Gasteiger partial charge in [-0.2, -0.15) is 0 Å². The number of halogens is 1. The van der Waals surface area contributed by atoms with Gasteiger partial charge in [0.15, 0.2) is 0 Å². The molecule has 0 heterocycles. The van der Waals surface area contributed by atoms with Crippen molar-refractivity contribution in [2.45, 2.75) is 38.8 Å². The Bertz CT molecular complexity index is 556. The average Bonchev–Trinajstić information content (AvgIpc) is 3.17. The van der Waals surface area contributed by atoms with Crippen LogP contribution in [0.3, 0.4) is 0 Å². The quantitative estimate of drug-likeness (QED) is 0.722. The van der Waals surface area contributed by atoms with E-state index in [4.69, 9.17) is 5.73 Å². The molecule has 1 saturated carbocycles. The second kappa shape index (κ2) is 5.48. The molecule has 0 aromatic heterocycles. The molecule has 4 N–H and O–H groups in total. The smallest absolute Gasteiger partial charge is 0.254 e. The van der Waals surface area contributed by atoms with E-state index in [9.17, 15) is 14.0 Å². The van der Waals surface area contributed by atoms with Crippen LogP contribution in [0.1, 0.15) is 35.7 Å². The SMILES string of the molecule is Cc1cc(N)cc(C(=O)NC(C)C(=O)NC2CC2)c1F. The topological polar surface area (TPSA) is 84.2 Å². The Morgan fingerprint density at radius 3 is 2.65 bits per heavy atom. The highest BCUT2D eigenvalue weighted by atomic mass is 19.1. The predicted octanol–water partition coefficient (Wildman–Crippen LogP) is 1.11. The van der Waals surface area contributed by atoms with Crippen molar-refractivity contribution < 1.29 is 14.0 Å². The predicted molar refractivity (Wildman–Crippen MR) is 73.6 cm³/mol. The molecule has 2 rings (SSSR count). The number of benzene rings is 1. The van der Waals surface area contributed by atoms with Gasteiger partial charge in [-0.3, -0.25) is 9.59 Å². The number of nitrogen functional groups attached to an aromatic ring is 1. The van der Waals surface area contributed by atoms with Crippen molar-refractivity contribution >= 4 is 17.5 Å². The van der Waals surface area contributed by atoms with Gasteiger partial charge in [-0.25, -0.2) is 4.39 Å². The van der Waals surface area contributed by atoms with E-state index in [1.165, 1.54) is 19.1 Å². The van der Waals surface area contributed by atoms with Crippen LogP contribution in [0.15, 0.2) is 12.1 Å². The average molecular weight is 279 g/mol. The van der Waals surface area contributed by atoms with Gasteiger partial charge in [-0.05, 0) is 44.4 Å². The molecule has 20 heavy (non-hydrogen) atoms. The maximum atomic E-state index is 13.9. The van der Waals surface area contributed by atoms with E-state index in [2.05, 4.69) is 10.6 Å². The molecule has 2 amide bonds. The van der Waals surface area contributed by atoms with Crippen LogP contribution in [0, 0.1) is 12.7 Å². The molecule has 1 unspecified atom stereocenters. The number of amides is 2. The van der Waals surface area contributed by atoms with Crippen LogP contribution in [-0.2, 0) is 4.79 Å². The molecular weight excluding hydrogens is 261 g/mol. The number of rotatable bonds is 4. The van der Waals surface area contributed by atoms with E-state index < -0.39 is 17.8 Å². The minimum atomic E-state index is -0.718. The Morgan fingerprint density at radius 1 is 1.40 bits per heavy atom. The van der Waals surface area contributed by atoms with Gasteiger partial charge in [0.2, 0.25) is 5.91 Å². The van der Waals surface area contributed by atoms with E-state index in [1.54, 1.807) is 6.92 Å². The molecule has 5 nitrogen and oxygen atoms in total. The number of nitrogens with two attached hydrogens (primary N) is 1. The Labute approximate surface area is 116 Å². The highest BCUT2D eigenvalue weighted by Crippen LogP contribution is 2.19. The summed E-state index contributed by atoms with van der Waals surface area (Å²) in [4.78, 5) is 23.7. The van der Waals surface area contributed by atoms with E-state index >= 15 is 0 Å². The van der Waals surface area contributed by atoms with Gasteiger partial charge < -0.3 is 16.4 Å². The second-order valence-corrected chi connectivity index (χ2v) is 5.18. The zero-order valence-electron chi connectivity index (χ0n) is 11.5. The molecule has 0 aliphatic heterocycles. The van der Waals surface area contributed by atoms with Crippen LogP contribution in [-0.4, -0.2) is 23.9 Å². The third kappa shape index (κ3) is 3.26. The third-order valence-electron chi connectivity index (χ3n) is 3.19. The standard InChI is InChI=1S/C14H18FN3O2/c1-7-5-9(16)6-11(12(7)15)14(20)17-8(2)13(19)18-10-3-4-10/h5-6,8,10H,3-4,16H2,1-2H3,(H,17,20)(H,18,19). The first kappa shape index (κ1) is 14.3. The maximum absolute atomic E-state index is 13.9. The number of carbonyl (C=O) groups is 2. The van der Waals surface area contributed by atoms with Gasteiger partial charge in [0.05, 0.1) is 5.56 Å². The number of hydrogen-bond donors (Lipinski definition) is 3. The summed E-state index contributed by atoms with van der Waals surface area (Å²) in [6.07, 6.45) is 1.94. The van der Waals surface area contributed by atoms with Crippen LogP contribution in [0.5, 0.6) is 0 Å². The first-order chi connectivity index (χ1) is 9.38. The van der Waals surface area contributed by atoms with E-state index in [0.717, 1.165) is 12.8 Å². The summed E-state index contributed by atoms with van der Waals surface area (Å²) < 4.78 is 13.9. The molecule has 1 aliphatic carbocycles. The largest absolute Gasteiger partial charge is 0.399 e. The normalized spacial score (nSPS) is 15.6. The lowest BCUT2D eigenvalue weighted by Gasteiger charge is -2.15. The van der Waals surface area contributed by atoms with E-state index in [-0.39, 0.29) is 17.5 Å². The van der Waals surface area contributed by atoms with Crippen molar-refractivity contribution in [2.24, 2.45) is 0 Å². The van der Waals surface area contributed by atoms with Crippen molar-refractivity contribution in [1.29, 1.82) is 0 Å². The molecule has 1 fully saturated rings. The Hall–Kier alpha value is -2.11. The molecule has 0 spiro atoms. The minimum Gasteiger partial charge on any atom is -0.399 e. The molecule has 108 valence electrons. The fourth-order valence-corrected chi connectivity index (χ4v) is 1.86. The Morgan fingerprint density at radius 2 is 2.05 bits per heavy atom. The lowest BCUT2D eigenvalue weighted by Crippen LogP contribution is -2.45. The summed E-state index contributed by atoms with van der Waals surface area (Å²) in [5.74, 6) is -1.52. The molecule has 1 aliphatic rings.